The Morgan fingerprint density at radius 3 is 2.52 bits per heavy atom. The highest BCUT2D eigenvalue weighted by atomic mass is 16.5. The van der Waals surface area contributed by atoms with Crippen LogP contribution in [0.4, 0.5) is 5.95 Å². The van der Waals surface area contributed by atoms with Crippen LogP contribution in [0.5, 0.6) is 5.88 Å². The third kappa shape index (κ3) is 4.93. The molecule has 2 aliphatic rings. The van der Waals surface area contributed by atoms with Crippen molar-refractivity contribution in [2.45, 2.75) is 38.3 Å². The van der Waals surface area contributed by atoms with Crippen LogP contribution < -0.4 is 15.0 Å². The van der Waals surface area contributed by atoms with Crippen LogP contribution in [-0.2, 0) is 6.54 Å². The lowest BCUT2D eigenvalue weighted by atomic mass is 10.2. The van der Waals surface area contributed by atoms with Crippen LogP contribution in [0.15, 0.2) is 41.8 Å². The number of anilines is 1. The zero-order valence-electron chi connectivity index (χ0n) is 17.0. The van der Waals surface area contributed by atoms with E-state index in [0.29, 0.717) is 12.6 Å². The fourth-order valence-electron chi connectivity index (χ4n) is 3.91. The lowest BCUT2D eigenvalue weighted by molar-refractivity contribution is 0.199. The molecule has 29 heavy (non-hydrogen) atoms. The second kappa shape index (κ2) is 9.54. The van der Waals surface area contributed by atoms with E-state index in [2.05, 4.69) is 41.1 Å². The number of pyridine rings is 1. The van der Waals surface area contributed by atoms with E-state index in [1.54, 1.807) is 18.6 Å². The molecule has 8 heteroatoms. The number of ether oxygens (including phenoxy) is 1. The molecule has 0 spiro atoms. The van der Waals surface area contributed by atoms with Gasteiger partial charge >= 0.3 is 0 Å². The van der Waals surface area contributed by atoms with Crippen molar-refractivity contribution < 1.29 is 4.74 Å². The summed E-state index contributed by atoms with van der Waals surface area (Å²) in [6.07, 6.45) is 10.4. The first-order valence-corrected chi connectivity index (χ1v) is 10.4. The molecular formula is C21H29N7O. The molecule has 4 rings (SSSR count). The summed E-state index contributed by atoms with van der Waals surface area (Å²) in [6.45, 7) is 4.12. The smallest absolute Gasteiger partial charge is 0.225 e. The highest BCUT2D eigenvalue weighted by Crippen LogP contribution is 2.25. The normalized spacial score (nSPS) is 18.2. The fourth-order valence-corrected chi connectivity index (χ4v) is 3.91. The monoisotopic (exact) mass is 395 g/mol. The minimum Gasteiger partial charge on any atom is -0.474 e. The van der Waals surface area contributed by atoms with Gasteiger partial charge in [-0.25, -0.2) is 15.0 Å². The van der Waals surface area contributed by atoms with E-state index in [0.717, 1.165) is 62.4 Å². The number of piperazine rings is 1. The van der Waals surface area contributed by atoms with E-state index in [9.17, 15) is 0 Å². The van der Waals surface area contributed by atoms with Gasteiger partial charge in [-0.15, -0.1) is 0 Å². The number of nitrogens with one attached hydrogen (secondary N) is 1. The third-order valence-electron chi connectivity index (χ3n) is 5.49. The maximum Gasteiger partial charge on any atom is 0.225 e. The number of hydrogen-bond donors (Lipinski definition) is 1. The Morgan fingerprint density at radius 2 is 1.79 bits per heavy atom. The van der Waals surface area contributed by atoms with E-state index in [-0.39, 0.29) is 0 Å². The molecule has 2 aromatic rings. The van der Waals surface area contributed by atoms with Gasteiger partial charge in [-0.05, 0) is 37.8 Å². The summed E-state index contributed by atoms with van der Waals surface area (Å²) in [5.74, 6) is 2.43. The molecule has 8 nitrogen and oxygen atoms in total. The second-order valence-corrected chi connectivity index (χ2v) is 7.42. The van der Waals surface area contributed by atoms with Crippen LogP contribution >= 0.6 is 0 Å². The lowest BCUT2D eigenvalue weighted by Crippen LogP contribution is -2.52. The van der Waals surface area contributed by atoms with Crippen LogP contribution in [0.3, 0.4) is 0 Å². The Balaban J connectivity index is 1.32. The van der Waals surface area contributed by atoms with Gasteiger partial charge in [0.25, 0.3) is 0 Å². The van der Waals surface area contributed by atoms with Crippen molar-refractivity contribution >= 4 is 11.9 Å². The number of nitrogens with zero attached hydrogens (tertiary/aromatic N) is 6. The molecule has 1 aliphatic carbocycles. The summed E-state index contributed by atoms with van der Waals surface area (Å²) in [5, 5.41) is 3.48. The standard InChI is InChI=1S/C21H29N7O/c1-22-20(27-12-14-28(15-13-27)21-24-10-5-11-25-21)26-16-17-6-4-9-23-19(17)29-18-7-2-3-8-18/h4-6,9-11,18H,2-3,7-8,12-16H2,1H3,(H,22,26). The molecule has 1 aliphatic heterocycles. The van der Waals surface area contributed by atoms with Gasteiger partial charge in [0, 0.05) is 63.9 Å². The highest BCUT2D eigenvalue weighted by molar-refractivity contribution is 5.80. The van der Waals surface area contributed by atoms with Gasteiger partial charge in [0.2, 0.25) is 11.8 Å². The van der Waals surface area contributed by atoms with Crippen LogP contribution in [0, 0.1) is 0 Å². The molecule has 0 unspecified atom stereocenters. The van der Waals surface area contributed by atoms with Crippen molar-refractivity contribution in [3.05, 3.63) is 42.4 Å². The summed E-state index contributed by atoms with van der Waals surface area (Å²) >= 11 is 0. The van der Waals surface area contributed by atoms with Crippen molar-refractivity contribution in [3.8, 4) is 5.88 Å². The van der Waals surface area contributed by atoms with Crippen molar-refractivity contribution in [1.82, 2.24) is 25.2 Å². The maximum absolute atomic E-state index is 6.16. The predicted molar refractivity (Wildman–Crippen MR) is 113 cm³/mol. The first-order valence-electron chi connectivity index (χ1n) is 10.4. The number of aliphatic imine (C=N–C) groups is 1. The number of hydrogen-bond acceptors (Lipinski definition) is 6. The predicted octanol–water partition coefficient (Wildman–Crippen LogP) is 2.09. The summed E-state index contributed by atoms with van der Waals surface area (Å²) in [7, 11) is 1.83. The molecule has 1 saturated heterocycles. The zero-order valence-corrected chi connectivity index (χ0v) is 17.0. The summed E-state index contributed by atoms with van der Waals surface area (Å²) in [6, 6.07) is 5.87. The van der Waals surface area contributed by atoms with Gasteiger partial charge in [0.15, 0.2) is 5.96 Å². The van der Waals surface area contributed by atoms with Crippen LogP contribution in [0.25, 0.3) is 0 Å². The van der Waals surface area contributed by atoms with Gasteiger partial charge in [-0.3, -0.25) is 4.99 Å². The Labute approximate surface area is 172 Å². The number of aromatic nitrogens is 3. The van der Waals surface area contributed by atoms with Gasteiger partial charge in [0.05, 0.1) is 0 Å². The summed E-state index contributed by atoms with van der Waals surface area (Å²) in [4.78, 5) is 22.1. The maximum atomic E-state index is 6.16. The van der Waals surface area contributed by atoms with E-state index >= 15 is 0 Å². The van der Waals surface area contributed by atoms with Crippen LogP contribution in [0.1, 0.15) is 31.2 Å². The number of rotatable bonds is 5. The highest BCUT2D eigenvalue weighted by Gasteiger charge is 2.22. The minimum atomic E-state index is 0.302. The molecule has 2 fully saturated rings. The van der Waals surface area contributed by atoms with Crippen molar-refractivity contribution in [1.29, 1.82) is 0 Å². The van der Waals surface area contributed by atoms with Gasteiger partial charge in [0.1, 0.15) is 6.10 Å². The first-order chi connectivity index (χ1) is 14.3. The zero-order chi connectivity index (χ0) is 19.9. The van der Waals surface area contributed by atoms with Gasteiger partial charge in [-0.2, -0.15) is 0 Å². The van der Waals surface area contributed by atoms with Crippen molar-refractivity contribution in [3.63, 3.8) is 0 Å². The largest absolute Gasteiger partial charge is 0.474 e. The molecule has 1 saturated carbocycles. The van der Waals surface area contributed by atoms with Gasteiger partial charge < -0.3 is 19.9 Å². The van der Waals surface area contributed by atoms with E-state index in [4.69, 9.17) is 4.74 Å². The Hall–Kier alpha value is -2.90. The van der Waals surface area contributed by atoms with Gasteiger partial charge in [-0.1, -0.05) is 6.07 Å². The van der Waals surface area contributed by atoms with Crippen molar-refractivity contribution in [2.75, 3.05) is 38.1 Å². The van der Waals surface area contributed by atoms with Crippen LogP contribution in [-0.4, -0.2) is 65.1 Å². The minimum absolute atomic E-state index is 0.302. The molecule has 3 heterocycles. The SMILES string of the molecule is CN=C(NCc1cccnc1OC1CCCC1)N1CCN(c2ncccn2)CC1. The molecule has 2 aromatic heterocycles. The third-order valence-corrected chi connectivity index (χ3v) is 5.49. The molecule has 0 aromatic carbocycles. The molecule has 0 amide bonds. The van der Waals surface area contributed by atoms with Crippen molar-refractivity contribution in [2.24, 2.45) is 4.99 Å². The molecule has 154 valence electrons. The Kier molecular flexibility index (Phi) is 6.38. The molecular weight excluding hydrogens is 366 g/mol. The fraction of sp³-hybridized carbons (Fsp3) is 0.524. The van der Waals surface area contributed by atoms with Crippen LogP contribution in [0.2, 0.25) is 0 Å². The van der Waals surface area contributed by atoms with E-state index in [1.807, 2.05) is 19.2 Å². The lowest BCUT2D eigenvalue weighted by Gasteiger charge is -2.36. The average molecular weight is 396 g/mol. The average Bonchev–Trinajstić information content (AvgIpc) is 3.29. The summed E-state index contributed by atoms with van der Waals surface area (Å²) in [5.41, 5.74) is 1.07. The topological polar surface area (TPSA) is 78.8 Å². The molecule has 0 bridgehead atoms. The second-order valence-electron chi connectivity index (χ2n) is 7.42. The van der Waals surface area contributed by atoms with E-state index < -0.39 is 0 Å². The van der Waals surface area contributed by atoms with E-state index in [1.165, 1.54) is 12.8 Å². The number of guanidine groups is 1. The summed E-state index contributed by atoms with van der Waals surface area (Å²) < 4.78 is 6.16. The Bertz CT molecular complexity index is 800. The Morgan fingerprint density at radius 1 is 1.07 bits per heavy atom. The molecule has 0 atom stereocenters. The first kappa shape index (κ1) is 19.4. The quantitative estimate of drug-likeness (QED) is 0.613. The molecule has 0 radical (unpaired) electrons. The molecule has 1 N–H and O–H groups in total.